The average molecular weight is 407 g/mol. The Morgan fingerprint density at radius 1 is 1.04 bits per heavy atom. The van der Waals surface area contributed by atoms with E-state index in [1.807, 2.05) is 24.3 Å². The number of H-pyrrole nitrogens is 1. The van der Waals surface area contributed by atoms with Gasteiger partial charge in [0.2, 0.25) is 5.88 Å². The van der Waals surface area contributed by atoms with Crippen molar-refractivity contribution in [3.05, 3.63) is 86.9 Å². The highest BCUT2D eigenvalue weighted by Crippen LogP contribution is 2.45. The molecule has 7 heteroatoms. The van der Waals surface area contributed by atoms with Crippen molar-refractivity contribution in [3.63, 3.8) is 0 Å². The summed E-state index contributed by atoms with van der Waals surface area (Å²) in [6.07, 6.45) is 1.75. The molecule has 4 rings (SSSR count). The molecule has 0 aliphatic carbocycles. The second-order valence-electron chi connectivity index (χ2n) is 6.19. The van der Waals surface area contributed by atoms with E-state index in [-0.39, 0.29) is 17.0 Å². The van der Waals surface area contributed by atoms with E-state index in [2.05, 4.69) is 17.1 Å². The molecule has 1 aliphatic heterocycles. The van der Waals surface area contributed by atoms with Crippen LogP contribution in [0.2, 0.25) is 10.0 Å². The largest absolute Gasteiger partial charge is 0.439 e. The normalized spacial score (nSPS) is 16.6. The molecule has 0 saturated heterocycles. The van der Waals surface area contributed by atoms with Crippen LogP contribution in [0.25, 0.3) is 16.7 Å². The van der Waals surface area contributed by atoms with Crippen LogP contribution in [0.15, 0.2) is 65.7 Å². The summed E-state index contributed by atoms with van der Waals surface area (Å²) in [5.74, 6) is -0.512. The first-order chi connectivity index (χ1) is 13.5. The van der Waals surface area contributed by atoms with Crippen molar-refractivity contribution < 1.29 is 4.74 Å². The number of allylic oxidation sites excluding steroid dienone is 2. The molecule has 0 saturated carbocycles. The summed E-state index contributed by atoms with van der Waals surface area (Å²) in [6, 6.07) is 16.8. The van der Waals surface area contributed by atoms with Gasteiger partial charge in [0, 0.05) is 32.7 Å². The fourth-order valence-corrected chi connectivity index (χ4v) is 3.90. The van der Waals surface area contributed by atoms with Gasteiger partial charge in [0.15, 0.2) is 5.76 Å². The van der Waals surface area contributed by atoms with Crippen LogP contribution >= 0.6 is 23.2 Å². The van der Waals surface area contributed by atoms with Gasteiger partial charge in [0.05, 0.1) is 17.6 Å². The Morgan fingerprint density at radius 2 is 1.79 bits per heavy atom. The third-order valence-electron chi connectivity index (χ3n) is 4.65. The van der Waals surface area contributed by atoms with E-state index >= 15 is 0 Å². The summed E-state index contributed by atoms with van der Waals surface area (Å²) in [7, 11) is 0. The maximum Gasteiger partial charge on any atom is 0.205 e. The van der Waals surface area contributed by atoms with Gasteiger partial charge in [0.1, 0.15) is 11.6 Å². The van der Waals surface area contributed by atoms with Crippen LogP contribution in [0.1, 0.15) is 17.0 Å². The Balaban J connectivity index is 2.00. The topological polar surface area (TPSA) is 98.6 Å². The van der Waals surface area contributed by atoms with Gasteiger partial charge in [-0.3, -0.25) is 0 Å². The van der Waals surface area contributed by atoms with Gasteiger partial charge in [0.25, 0.3) is 0 Å². The van der Waals surface area contributed by atoms with Crippen molar-refractivity contribution in [2.24, 2.45) is 5.73 Å². The molecular weight excluding hydrogens is 395 g/mol. The van der Waals surface area contributed by atoms with Gasteiger partial charge in [-0.2, -0.15) is 10.5 Å². The Morgan fingerprint density at radius 3 is 2.50 bits per heavy atom. The molecule has 1 unspecified atom stereocenters. The molecule has 1 aliphatic rings. The van der Waals surface area contributed by atoms with Crippen LogP contribution in [0.5, 0.6) is 0 Å². The quantitative estimate of drug-likeness (QED) is 0.609. The molecule has 1 aromatic heterocycles. The lowest BCUT2D eigenvalue weighted by atomic mass is 9.82. The summed E-state index contributed by atoms with van der Waals surface area (Å²) in [4.78, 5) is 3.15. The molecule has 3 aromatic rings. The van der Waals surface area contributed by atoms with Crippen LogP contribution in [0.4, 0.5) is 0 Å². The highest BCUT2D eigenvalue weighted by molar-refractivity contribution is 6.35. The lowest BCUT2D eigenvalue weighted by molar-refractivity contribution is 0.358. The maximum absolute atomic E-state index is 9.97. The van der Waals surface area contributed by atoms with Gasteiger partial charge in [-0.1, -0.05) is 47.5 Å². The number of nitriles is 2. The standard InChI is InChI=1S/C21H12Cl2N4O/c22-11-5-6-13(17(23)7-11)19-14(8-24)20(28-21(26)15(19)9-25)16-10-27-18-4-2-1-3-12(16)18/h1-7,10,19,27H,26H2. The molecule has 5 nitrogen and oxygen atoms in total. The van der Waals surface area contributed by atoms with Gasteiger partial charge in [-0.05, 0) is 23.8 Å². The van der Waals surface area contributed by atoms with E-state index in [4.69, 9.17) is 33.7 Å². The van der Waals surface area contributed by atoms with Crippen molar-refractivity contribution in [2.75, 3.05) is 0 Å². The van der Waals surface area contributed by atoms with Crippen molar-refractivity contribution in [1.29, 1.82) is 10.5 Å². The van der Waals surface area contributed by atoms with E-state index in [9.17, 15) is 10.5 Å². The molecule has 136 valence electrons. The maximum atomic E-state index is 9.97. The van der Waals surface area contributed by atoms with Crippen LogP contribution in [-0.4, -0.2) is 4.98 Å². The number of nitrogens with one attached hydrogen (secondary N) is 1. The minimum absolute atomic E-state index is 0.0576. The molecule has 0 amide bonds. The van der Waals surface area contributed by atoms with E-state index in [0.29, 0.717) is 26.9 Å². The number of nitrogens with zero attached hydrogens (tertiary/aromatic N) is 2. The average Bonchev–Trinajstić information content (AvgIpc) is 3.11. The molecule has 3 N–H and O–H groups in total. The molecular formula is C21H12Cl2N4O. The number of hydrogen-bond donors (Lipinski definition) is 2. The molecule has 2 aromatic carbocycles. The fraction of sp³-hybridized carbons (Fsp3) is 0.0476. The second kappa shape index (κ2) is 6.98. The van der Waals surface area contributed by atoms with Crippen LogP contribution < -0.4 is 5.73 Å². The van der Waals surface area contributed by atoms with E-state index in [1.165, 1.54) is 0 Å². The minimum Gasteiger partial charge on any atom is -0.439 e. The van der Waals surface area contributed by atoms with Crippen LogP contribution in [0, 0.1) is 22.7 Å². The molecule has 0 radical (unpaired) electrons. The SMILES string of the molecule is N#CC1=C(N)OC(c2c[nH]c3ccccc23)=C(C#N)C1c1ccc(Cl)cc1Cl. The number of fused-ring (bicyclic) bond motifs is 1. The number of aromatic nitrogens is 1. The van der Waals surface area contributed by atoms with Crippen molar-refractivity contribution in [2.45, 2.75) is 5.92 Å². The number of nitrogens with two attached hydrogens (primary N) is 1. The zero-order chi connectivity index (χ0) is 19.8. The monoisotopic (exact) mass is 406 g/mol. The number of rotatable bonds is 2. The fourth-order valence-electron chi connectivity index (χ4n) is 3.38. The van der Waals surface area contributed by atoms with Gasteiger partial charge in [-0.15, -0.1) is 0 Å². The predicted molar refractivity (Wildman–Crippen MR) is 108 cm³/mol. The Kier molecular flexibility index (Phi) is 4.49. The molecule has 2 heterocycles. The first kappa shape index (κ1) is 18.0. The van der Waals surface area contributed by atoms with E-state index in [0.717, 1.165) is 10.9 Å². The summed E-state index contributed by atoms with van der Waals surface area (Å²) in [5.41, 5.74) is 8.58. The van der Waals surface area contributed by atoms with Crippen LogP contribution in [0.3, 0.4) is 0 Å². The zero-order valence-corrected chi connectivity index (χ0v) is 15.8. The second-order valence-corrected chi connectivity index (χ2v) is 7.04. The number of para-hydroxylation sites is 1. The highest BCUT2D eigenvalue weighted by Gasteiger charge is 2.35. The predicted octanol–water partition coefficient (Wildman–Crippen LogP) is 5.22. The molecule has 28 heavy (non-hydrogen) atoms. The molecule has 0 bridgehead atoms. The minimum atomic E-state index is -0.753. The summed E-state index contributed by atoms with van der Waals surface area (Å²) in [6.45, 7) is 0. The van der Waals surface area contributed by atoms with Gasteiger partial charge in [-0.25, -0.2) is 0 Å². The first-order valence-corrected chi connectivity index (χ1v) is 9.04. The number of aromatic amines is 1. The number of benzene rings is 2. The first-order valence-electron chi connectivity index (χ1n) is 8.28. The van der Waals surface area contributed by atoms with E-state index < -0.39 is 5.92 Å². The molecule has 0 spiro atoms. The lowest BCUT2D eigenvalue weighted by Gasteiger charge is -2.26. The van der Waals surface area contributed by atoms with Crippen molar-refractivity contribution in [1.82, 2.24) is 4.98 Å². The Labute approximate surface area is 170 Å². The summed E-state index contributed by atoms with van der Waals surface area (Å²) < 4.78 is 5.76. The van der Waals surface area contributed by atoms with Crippen molar-refractivity contribution in [3.8, 4) is 12.1 Å². The molecule has 0 fully saturated rings. The van der Waals surface area contributed by atoms with Gasteiger partial charge >= 0.3 is 0 Å². The zero-order valence-electron chi connectivity index (χ0n) is 14.3. The Hall–Kier alpha value is -3.38. The van der Waals surface area contributed by atoms with E-state index in [1.54, 1.807) is 24.4 Å². The third kappa shape index (κ3) is 2.78. The summed E-state index contributed by atoms with van der Waals surface area (Å²) >= 11 is 12.4. The number of hydrogen-bond acceptors (Lipinski definition) is 4. The van der Waals surface area contributed by atoms with Gasteiger partial charge < -0.3 is 15.5 Å². The highest BCUT2D eigenvalue weighted by atomic mass is 35.5. The lowest BCUT2D eigenvalue weighted by Crippen LogP contribution is -2.20. The Bertz CT molecular complexity index is 1260. The number of halogens is 2. The summed E-state index contributed by atoms with van der Waals surface area (Å²) in [5, 5.41) is 21.3. The van der Waals surface area contributed by atoms with Crippen LogP contribution in [-0.2, 0) is 4.74 Å². The third-order valence-corrected chi connectivity index (χ3v) is 5.21. The number of ether oxygens (including phenoxy) is 1. The molecule has 1 atom stereocenters. The van der Waals surface area contributed by atoms with Crippen molar-refractivity contribution >= 4 is 39.9 Å². The smallest absolute Gasteiger partial charge is 0.205 e.